The van der Waals surface area contributed by atoms with Crippen LogP contribution in [-0.2, 0) is 6.54 Å². The van der Waals surface area contributed by atoms with E-state index in [2.05, 4.69) is 0 Å². The summed E-state index contributed by atoms with van der Waals surface area (Å²) in [6.45, 7) is 0.420. The van der Waals surface area contributed by atoms with Crippen LogP contribution in [0.5, 0.6) is 5.75 Å². The largest absolute Gasteiger partial charge is 0.496 e. The number of methoxy groups -OCH3 is 1. The van der Waals surface area contributed by atoms with Crippen molar-refractivity contribution in [3.63, 3.8) is 0 Å². The summed E-state index contributed by atoms with van der Waals surface area (Å²) in [5.74, 6) is 1.58. The Morgan fingerprint density at radius 3 is 2.75 bits per heavy atom. The fourth-order valence-electron chi connectivity index (χ4n) is 2.25. The number of halogens is 1. The zero-order chi connectivity index (χ0) is 14.1. The van der Waals surface area contributed by atoms with E-state index in [4.69, 9.17) is 26.5 Å². The summed E-state index contributed by atoms with van der Waals surface area (Å²) in [6, 6.07) is 13.4. The van der Waals surface area contributed by atoms with Gasteiger partial charge in [-0.1, -0.05) is 11.6 Å². The van der Waals surface area contributed by atoms with E-state index < -0.39 is 0 Å². The van der Waals surface area contributed by atoms with Crippen LogP contribution in [0.2, 0.25) is 5.02 Å². The molecule has 4 heteroatoms. The van der Waals surface area contributed by atoms with Crippen molar-refractivity contribution in [2.75, 3.05) is 7.11 Å². The van der Waals surface area contributed by atoms with E-state index in [1.165, 1.54) is 0 Å². The van der Waals surface area contributed by atoms with Crippen LogP contribution in [0.4, 0.5) is 0 Å². The molecule has 1 heterocycles. The van der Waals surface area contributed by atoms with Crippen LogP contribution >= 0.6 is 11.6 Å². The average molecular weight is 288 g/mol. The van der Waals surface area contributed by atoms with Gasteiger partial charge in [-0.25, -0.2) is 0 Å². The summed E-state index contributed by atoms with van der Waals surface area (Å²) >= 11 is 5.99. The maximum absolute atomic E-state index is 5.99. The van der Waals surface area contributed by atoms with Gasteiger partial charge in [-0.05, 0) is 42.5 Å². The highest BCUT2D eigenvalue weighted by molar-refractivity contribution is 6.31. The van der Waals surface area contributed by atoms with Gasteiger partial charge in [0, 0.05) is 28.1 Å². The number of rotatable bonds is 3. The van der Waals surface area contributed by atoms with Crippen molar-refractivity contribution in [1.29, 1.82) is 0 Å². The number of nitrogens with two attached hydrogens (primary N) is 1. The normalized spacial score (nSPS) is 10.9. The lowest BCUT2D eigenvalue weighted by Gasteiger charge is -2.07. The van der Waals surface area contributed by atoms with Gasteiger partial charge in [0.1, 0.15) is 17.1 Å². The fraction of sp³-hybridized carbons (Fsp3) is 0.125. The van der Waals surface area contributed by atoms with E-state index in [1.54, 1.807) is 7.11 Å². The first-order valence-corrected chi connectivity index (χ1v) is 6.65. The van der Waals surface area contributed by atoms with Crippen LogP contribution in [0.15, 0.2) is 46.9 Å². The molecule has 3 aromatic rings. The van der Waals surface area contributed by atoms with Crippen molar-refractivity contribution in [3.8, 4) is 17.1 Å². The molecule has 0 spiro atoms. The van der Waals surface area contributed by atoms with Gasteiger partial charge in [-0.2, -0.15) is 0 Å². The molecular weight excluding hydrogens is 274 g/mol. The Morgan fingerprint density at radius 2 is 2.00 bits per heavy atom. The number of fused-ring (bicyclic) bond motifs is 1. The highest BCUT2D eigenvalue weighted by Gasteiger charge is 2.09. The number of hydrogen-bond acceptors (Lipinski definition) is 3. The molecule has 0 aliphatic heterocycles. The van der Waals surface area contributed by atoms with Crippen LogP contribution in [-0.4, -0.2) is 7.11 Å². The van der Waals surface area contributed by atoms with Crippen LogP contribution in [0.3, 0.4) is 0 Å². The molecule has 0 saturated heterocycles. The molecule has 0 fully saturated rings. The molecule has 3 nitrogen and oxygen atoms in total. The Hall–Kier alpha value is -1.97. The van der Waals surface area contributed by atoms with Crippen molar-refractivity contribution in [2.24, 2.45) is 5.73 Å². The number of hydrogen-bond donors (Lipinski definition) is 1. The summed E-state index contributed by atoms with van der Waals surface area (Å²) < 4.78 is 11.1. The maximum atomic E-state index is 5.99. The summed E-state index contributed by atoms with van der Waals surface area (Å²) in [5.41, 5.74) is 8.47. The molecule has 0 bridgehead atoms. The SMILES string of the molecule is COc1ccc(-c2cc3cc(Cl)ccc3o2)cc1CN. The molecule has 0 unspecified atom stereocenters. The number of ether oxygens (including phenoxy) is 1. The van der Waals surface area contributed by atoms with Crippen molar-refractivity contribution in [1.82, 2.24) is 0 Å². The minimum absolute atomic E-state index is 0.420. The van der Waals surface area contributed by atoms with E-state index in [0.29, 0.717) is 11.6 Å². The second-order valence-electron chi connectivity index (χ2n) is 4.52. The third-order valence-corrected chi connectivity index (χ3v) is 3.50. The number of benzene rings is 2. The Labute approximate surface area is 121 Å². The lowest BCUT2D eigenvalue weighted by atomic mass is 10.1. The highest BCUT2D eigenvalue weighted by atomic mass is 35.5. The lowest BCUT2D eigenvalue weighted by Crippen LogP contribution is -1.99. The van der Waals surface area contributed by atoms with Gasteiger partial charge >= 0.3 is 0 Å². The predicted molar refractivity (Wildman–Crippen MR) is 81.1 cm³/mol. The molecule has 102 valence electrons. The van der Waals surface area contributed by atoms with Gasteiger partial charge in [0.2, 0.25) is 0 Å². The van der Waals surface area contributed by atoms with Gasteiger partial charge in [0.15, 0.2) is 0 Å². The highest BCUT2D eigenvalue weighted by Crippen LogP contribution is 2.32. The second-order valence-corrected chi connectivity index (χ2v) is 4.96. The Morgan fingerprint density at radius 1 is 1.15 bits per heavy atom. The minimum Gasteiger partial charge on any atom is -0.496 e. The monoisotopic (exact) mass is 287 g/mol. The average Bonchev–Trinajstić information content (AvgIpc) is 2.89. The molecule has 20 heavy (non-hydrogen) atoms. The Bertz CT molecular complexity index is 764. The van der Waals surface area contributed by atoms with Gasteiger partial charge in [-0.3, -0.25) is 0 Å². The zero-order valence-electron chi connectivity index (χ0n) is 11.0. The van der Waals surface area contributed by atoms with Crippen LogP contribution in [0.1, 0.15) is 5.56 Å². The molecule has 0 aliphatic carbocycles. The zero-order valence-corrected chi connectivity index (χ0v) is 11.8. The van der Waals surface area contributed by atoms with E-state index in [0.717, 1.165) is 33.6 Å². The van der Waals surface area contributed by atoms with E-state index in [9.17, 15) is 0 Å². The Kier molecular flexibility index (Phi) is 3.38. The van der Waals surface area contributed by atoms with E-state index in [-0.39, 0.29) is 0 Å². The van der Waals surface area contributed by atoms with Crippen LogP contribution < -0.4 is 10.5 Å². The van der Waals surface area contributed by atoms with E-state index in [1.807, 2.05) is 42.5 Å². The molecule has 0 amide bonds. The van der Waals surface area contributed by atoms with Crippen LogP contribution in [0.25, 0.3) is 22.3 Å². The van der Waals surface area contributed by atoms with Gasteiger partial charge in [0.05, 0.1) is 7.11 Å². The van der Waals surface area contributed by atoms with Crippen molar-refractivity contribution >= 4 is 22.6 Å². The topological polar surface area (TPSA) is 48.4 Å². The third kappa shape index (κ3) is 2.26. The quantitative estimate of drug-likeness (QED) is 0.784. The Balaban J connectivity index is 2.10. The lowest BCUT2D eigenvalue weighted by molar-refractivity contribution is 0.410. The molecule has 0 atom stereocenters. The smallest absolute Gasteiger partial charge is 0.135 e. The molecule has 2 N–H and O–H groups in total. The predicted octanol–water partition coefficient (Wildman–Crippen LogP) is 4.22. The minimum atomic E-state index is 0.420. The molecule has 0 radical (unpaired) electrons. The van der Waals surface area contributed by atoms with Crippen molar-refractivity contribution in [3.05, 3.63) is 53.1 Å². The van der Waals surface area contributed by atoms with Gasteiger partial charge in [-0.15, -0.1) is 0 Å². The first-order valence-electron chi connectivity index (χ1n) is 6.27. The van der Waals surface area contributed by atoms with E-state index >= 15 is 0 Å². The maximum Gasteiger partial charge on any atom is 0.135 e. The summed E-state index contributed by atoms with van der Waals surface area (Å²) in [5, 5.41) is 1.68. The molecule has 3 rings (SSSR count). The van der Waals surface area contributed by atoms with Crippen LogP contribution in [0, 0.1) is 0 Å². The van der Waals surface area contributed by atoms with Gasteiger partial charge in [0.25, 0.3) is 0 Å². The third-order valence-electron chi connectivity index (χ3n) is 3.26. The summed E-state index contributed by atoms with van der Waals surface area (Å²) in [6.07, 6.45) is 0. The fourth-order valence-corrected chi connectivity index (χ4v) is 2.43. The summed E-state index contributed by atoms with van der Waals surface area (Å²) in [7, 11) is 1.64. The summed E-state index contributed by atoms with van der Waals surface area (Å²) in [4.78, 5) is 0. The standard InChI is InChI=1S/C16H14ClNO2/c1-19-14-4-2-10(6-12(14)9-18)16-8-11-7-13(17)3-5-15(11)20-16/h2-8H,9,18H2,1H3. The van der Waals surface area contributed by atoms with Gasteiger partial charge < -0.3 is 14.9 Å². The number of furan rings is 1. The second kappa shape index (κ2) is 5.19. The molecule has 0 saturated carbocycles. The molecular formula is C16H14ClNO2. The van der Waals surface area contributed by atoms with Crippen molar-refractivity contribution < 1.29 is 9.15 Å². The molecule has 0 aliphatic rings. The first kappa shape index (κ1) is 13.0. The van der Waals surface area contributed by atoms with Crippen molar-refractivity contribution in [2.45, 2.75) is 6.54 Å². The first-order chi connectivity index (χ1) is 9.71. The molecule has 2 aromatic carbocycles. The molecule has 1 aromatic heterocycles.